The van der Waals surface area contributed by atoms with Crippen molar-refractivity contribution in [2.45, 2.75) is 39.1 Å². The zero-order chi connectivity index (χ0) is 16.9. The van der Waals surface area contributed by atoms with Crippen LogP contribution in [0.4, 0.5) is 0 Å². The molecule has 0 aliphatic heterocycles. The molecular formula is C9H23NO8P2S. The minimum Gasteiger partial charge on any atom is -0.312 e. The summed E-state index contributed by atoms with van der Waals surface area (Å²) in [6, 6.07) is 0. The van der Waals surface area contributed by atoms with Gasteiger partial charge in [-0.25, -0.2) is 13.0 Å². The number of sulfonamides is 1. The van der Waals surface area contributed by atoms with E-state index in [-0.39, 0.29) is 23.7 Å². The van der Waals surface area contributed by atoms with Gasteiger partial charge in [0.15, 0.2) is 4.99 Å². The van der Waals surface area contributed by atoms with Gasteiger partial charge in [-0.2, -0.15) is 0 Å². The molecule has 128 valence electrons. The van der Waals surface area contributed by atoms with Crippen molar-refractivity contribution < 1.29 is 36.4 Å². The number of rotatable bonds is 10. The molecule has 1 atom stereocenters. The Morgan fingerprint density at radius 2 is 1.48 bits per heavy atom. The van der Waals surface area contributed by atoms with Gasteiger partial charge in [-0.1, -0.05) is 13.8 Å². The molecule has 9 nitrogen and oxygen atoms in total. The molecule has 0 saturated heterocycles. The van der Waals surface area contributed by atoms with Gasteiger partial charge in [-0.05, 0) is 20.3 Å². The van der Waals surface area contributed by atoms with Crippen LogP contribution < -0.4 is 0 Å². The quantitative estimate of drug-likeness (QED) is 0.558. The highest BCUT2D eigenvalue weighted by molar-refractivity contribution is 8.00. The predicted octanol–water partition coefficient (Wildman–Crippen LogP) is 1.73. The first-order chi connectivity index (χ1) is 9.51. The van der Waals surface area contributed by atoms with Gasteiger partial charge in [0.2, 0.25) is 10.0 Å². The predicted molar refractivity (Wildman–Crippen MR) is 78.3 cm³/mol. The summed E-state index contributed by atoms with van der Waals surface area (Å²) in [7, 11) is -13.7. The minimum atomic E-state index is -5.06. The fourth-order valence-electron chi connectivity index (χ4n) is 1.81. The van der Waals surface area contributed by atoms with E-state index in [1.165, 1.54) is 27.7 Å². The molecule has 0 radical (unpaired) electrons. The van der Waals surface area contributed by atoms with Crippen molar-refractivity contribution in [2.24, 2.45) is 0 Å². The molecular weight excluding hydrogens is 344 g/mol. The summed E-state index contributed by atoms with van der Waals surface area (Å²) in [5.41, 5.74) is 0. The van der Waals surface area contributed by atoms with Crippen LogP contribution in [0.5, 0.6) is 0 Å². The van der Waals surface area contributed by atoms with Gasteiger partial charge in [-0.15, -0.1) is 4.08 Å². The van der Waals surface area contributed by atoms with Crippen molar-refractivity contribution in [1.29, 1.82) is 0 Å². The van der Waals surface area contributed by atoms with E-state index in [2.05, 4.69) is 0 Å². The summed E-state index contributed by atoms with van der Waals surface area (Å²) in [5.74, 6) is 0. The van der Waals surface area contributed by atoms with E-state index >= 15 is 0 Å². The highest BCUT2D eigenvalue weighted by atomic mass is 32.2. The summed E-state index contributed by atoms with van der Waals surface area (Å²) in [6.45, 7) is 5.19. The molecule has 0 aliphatic rings. The summed E-state index contributed by atoms with van der Waals surface area (Å²) in [4.78, 5) is 16.7. The Morgan fingerprint density at radius 1 is 1.05 bits per heavy atom. The molecule has 0 heterocycles. The lowest BCUT2D eigenvalue weighted by atomic mass is 10.6. The SMILES string of the molecule is CCOP(=O)(OCC)C(CC)S(=O)(=O)N(CC)P(=O)(O)O. The third-order valence-corrected chi connectivity index (χ3v) is 10.5. The monoisotopic (exact) mass is 367 g/mol. The van der Waals surface area contributed by atoms with Crippen molar-refractivity contribution in [3.63, 3.8) is 0 Å². The molecule has 0 aromatic rings. The maximum atomic E-state index is 12.6. The fraction of sp³-hybridized carbons (Fsp3) is 1.00. The lowest BCUT2D eigenvalue weighted by molar-refractivity contribution is 0.216. The maximum absolute atomic E-state index is 12.6. The maximum Gasteiger partial charge on any atom is 0.416 e. The molecule has 0 rings (SSSR count). The molecule has 12 heteroatoms. The van der Waals surface area contributed by atoms with Crippen LogP contribution in [0.25, 0.3) is 0 Å². The van der Waals surface area contributed by atoms with E-state index in [0.717, 1.165) is 0 Å². The van der Waals surface area contributed by atoms with Crippen LogP contribution in [-0.4, -0.2) is 47.0 Å². The number of nitrogens with zero attached hydrogens (tertiary/aromatic N) is 1. The van der Waals surface area contributed by atoms with Crippen molar-refractivity contribution >= 4 is 25.4 Å². The normalized spacial score (nSPS) is 15.4. The highest BCUT2D eigenvalue weighted by Gasteiger charge is 2.50. The summed E-state index contributed by atoms with van der Waals surface area (Å²) >= 11 is 0. The Hall–Kier alpha value is 0.210. The third kappa shape index (κ3) is 5.11. The largest absolute Gasteiger partial charge is 0.416 e. The second kappa shape index (κ2) is 8.17. The first-order valence-electron chi connectivity index (χ1n) is 6.47. The summed E-state index contributed by atoms with van der Waals surface area (Å²) in [5, 5.41) is 0. The standard InChI is InChI=1S/C9H23NO8P2S/c1-5-9(19(11,17-7-3)18-8-4)21(15,16)10(6-2)20(12,13)14/h9H,5-8H2,1-4H3,(H2,12,13,14). The van der Waals surface area contributed by atoms with Crippen LogP contribution in [-0.2, 0) is 28.2 Å². The Morgan fingerprint density at radius 3 is 1.71 bits per heavy atom. The van der Waals surface area contributed by atoms with Gasteiger partial charge < -0.3 is 18.8 Å². The van der Waals surface area contributed by atoms with Gasteiger partial charge in [0.25, 0.3) is 0 Å². The molecule has 0 amide bonds. The fourth-order valence-corrected chi connectivity index (χ4v) is 8.58. The zero-order valence-corrected chi connectivity index (χ0v) is 15.1. The first kappa shape index (κ1) is 21.2. The molecule has 0 spiro atoms. The van der Waals surface area contributed by atoms with E-state index in [1.54, 1.807) is 0 Å². The lowest BCUT2D eigenvalue weighted by Crippen LogP contribution is -2.37. The van der Waals surface area contributed by atoms with Gasteiger partial charge in [-0.3, -0.25) is 4.57 Å². The van der Waals surface area contributed by atoms with Gasteiger partial charge in [0.05, 0.1) is 13.2 Å². The van der Waals surface area contributed by atoms with Crippen LogP contribution in [0, 0.1) is 0 Å². The molecule has 21 heavy (non-hydrogen) atoms. The Labute approximate surface area is 125 Å². The van der Waals surface area contributed by atoms with Crippen LogP contribution in [0.3, 0.4) is 0 Å². The average molecular weight is 367 g/mol. The van der Waals surface area contributed by atoms with E-state index < -0.39 is 36.9 Å². The third-order valence-electron chi connectivity index (χ3n) is 2.52. The Balaban J connectivity index is 5.91. The van der Waals surface area contributed by atoms with Crippen molar-refractivity contribution in [3.8, 4) is 0 Å². The van der Waals surface area contributed by atoms with E-state index in [1.807, 2.05) is 0 Å². The molecule has 0 saturated carbocycles. The van der Waals surface area contributed by atoms with Crippen molar-refractivity contribution in [2.75, 3.05) is 19.8 Å². The van der Waals surface area contributed by atoms with Gasteiger partial charge in [0, 0.05) is 6.54 Å². The van der Waals surface area contributed by atoms with Crippen LogP contribution >= 0.6 is 15.3 Å². The smallest absolute Gasteiger partial charge is 0.312 e. The topological polar surface area (TPSA) is 130 Å². The summed E-state index contributed by atoms with van der Waals surface area (Å²) < 4.78 is 58.9. The Kier molecular flexibility index (Phi) is 8.25. The second-order valence-electron chi connectivity index (χ2n) is 3.93. The average Bonchev–Trinajstić information content (AvgIpc) is 2.27. The van der Waals surface area contributed by atoms with Gasteiger partial charge >= 0.3 is 15.3 Å². The summed E-state index contributed by atoms with van der Waals surface area (Å²) in [6.07, 6.45) is -0.171. The molecule has 0 aliphatic carbocycles. The van der Waals surface area contributed by atoms with Crippen molar-refractivity contribution in [1.82, 2.24) is 4.08 Å². The number of hydrogen-bond acceptors (Lipinski definition) is 6. The highest BCUT2D eigenvalue weighted by Crippen LogP contribution is 2.58. The Bertz CT molecular complexity index is 506. The van der Waals surface area contributed by atoms with Gasteiger partial charge in [0.1, 0.15) is 0 Å². The molecule has 0 fully saturated rings. The van der Waals surface area contributed by atoms with E-state index in [9.17, 15) is 17.5 Å². The second-order valence-corrected chi connectivity index (χ2v) is 10.3. The molecule has 0 aromatic heterocycles. The lowest BCUT2D eigenvalue weighted by Gasteiger charge is -2.30. The molecule has 1 unspecified atom stereocenters. The first-order valence-corrected chi connectivity index (χ1v) is 11.2. The molecule has 0 bridgehead atoms. The zero-order valence-electron chi connectivity index (χ0n) is 12.5. The number of hydrogen-bond donors (Lipinski definition) is 2. The van der Waals surface area contributed by atoms with Crippen LogP contribution in [0.15, 0.2) is 0 Å². The van der Waals surface area contributed by atoms with Crippen LogP contribution in [0.2, 0.25) is 0 Å². The van der Waals surface area contributed by atoms with E-state index in [0.29, 0.717) is 0 Å². The molecule has 0 aromatic carbocycles. The minimum absolute atomic E-state index is 0.0266. The van der Waals surface area contributed by atoms with E-state index in [4.69, 9.17) is 18.8 Å². The molecule has 2 N–H and O–H groups in total. The van der Waals surface area contributed by atoms with Crippen LogP contribution in [0.1, 0.15) is 34.1 Å². The van der Waals surface area contributed by atoms with Crippen molar-refractivity contribution in [3.05, 3.63) is 0 Å².